The molecule has 0 radical (unpaired) electrons. The monoisotopic (exact) mass is 305 g/mol. The quantitative estimate of drug-likeness (QED) is 0.911. The second-order valence-corrected chi connectivity index (χ2v) is 5.65. The fourth-order valence-corrected chi connectivity index (χ4v) is 2.96. The van der Waals surface area contributed by atoms with E-state index in [0.29, 0.717) is 12.6 Å². The predicted molar refractivity (Wildman–Crippen MR) is 82.3 cm³/mol. The van der Waals surface area contributed by atoms with Crippen LogP contribution in [-0.2, 0) is 13.0 Å². The zero-order valence-electron chi connectivity index (χ0n) is 11.8. The van der Waals surface area contributed by atoms with Gasteiger partial charge in [0.2, 0.25) is 0 Å². The number of halogens is 2. The van der Waals surface area contributed by atoms with Gasteiger partial charge >= 0.3 is 0 Å². The normalized spacial score (nSPS) is 16.8. The van der Waals surface area contributed by atoms with Gasteiger partial charge in [0.1, 0.15) is 18.2 Å². The maximum atomic E-state index is 13.4. The molecule has 0 bridgehead atoms. The Kier molecular flexibility index (Phi) is 4.13. The summed E-state index contributed by atoms with van der Waals surface area (Å²) in [5.74, 6) is 0.479. The van der Waals surface area contributed by atoms with Crippen molar-refractivity contribution in [2.45, 2.75) is 25.5 Å². The van der Waals surface area contributed by atoms with Gasteiger partial charge in [0.15, 0.2) is 0 Å². The van der Waals surface area contributed by atoms with Crippen molar-refractivity contribution < 1.29 is 9.13 Å². The lowest BCUT2D eigenvalue weighted by Crippen LogP contribution is -2.12. The van der Waals surface area contributed by atoms with Crippen LogP contribution in [0.5, 0.6) is 5.75 Å². The number of nitrogens with one attached hydrogen (secondary N) is 1. The first-order chi connectivity index (χ1) is 10.2. The molecule has 0 saturated carbocycles. The van der Waals surface area contributed by atoms with Crippen molar-refractivity contribution in [1.82, 2.24) is 5.32 Å². The standard InChI is InChI=1S/C17H17ClFNO/c1-20-16-8-6-13-12(16)3-2-4-17(13)21-10-11-5-7-14(18)15(19)9-11/h2-5,7,9,16,20H,6,8,10H2,1H3. The Hall–Kier alpha value is -1.58. The van der Waals surface area contributed by atoms with E-state index in [1.807, 2.05) is 19.2 Å². The van der Waals surface area contributed by atoms with Crippen molar-refractivity contribution in [3.63, 3.8) is 0 Å². The van der Waals surface area contributed by atoms with Crippen molar-refractivity contribution >= 4 is 11.6 Å². The van der Waals surface area contributed by atoms with Gasteiger partial charge in [-0.3, -0.25) is 0 Å². The fraction of sp³-hybridized carbons (Fsp3) is 0.294. The first kappa shape index (κ1) is 14.4. The smallest absolute Gasteiger partial charge is 0.142 e. The SMILES string of the molecule is CNC1CCc2c(OCc3ccc(Cl)c(F)c3)cccc21. The second kappa shape index (κ2) is 6.04. The molecule has 2 nitrogen and oxygen atoms in total. The number of hydrogen-bond acceptors (Lipinski definition) is 2. The van der Waals surface area contributed by atoms with Crippen molar-refractivity contribution in [2.24, 2.45) is 0 Å². The molecule has 1 N–H and O–H groups in total. The summed E-state index contributed by atoms with van der Waals surface area (Å²) in [6.45, 7) is 0.342. The molecule has 0 fully saturated rings. The molecule has 1 aliphatic carbocycles. The summed E-state index contributed by atoms with van der Waals surface area (Å²) in [7, 11) is 1.98. The van der Waals surface area contributed by atoms with Crippen LogP contribution in [0.1, 0.15) is 29.2 Å². The highest BCUT2D eigenvalue weighted by Crippen LogP contribution is 2.36. The van der Waals surface area contributed by atoms with Gasteiger partial charge in [-0.05, 0) is 54.8 Å². The highest BCUT2D eigenvalue weighted by Gasteiger charge is 2.23. The molecule has 1 atom stereocenters. The minimum absolute atomic E-state index is 0.135. The number of fused-ring (bicyclic) bond motifs is 1. The van der Waals surface area contributed by atoms with E-state index in [1.54, 1.807) is 12.1 Å². The van der Waals surface area contributed by atoms with Gasteiger partial charge in [-0.2, -0.15) is 0 Å². The first-order valence-corrected chi connectivity index (χ1v) is 7.42. The maximum absolute atomic E-state index is 13.4. The Morgan fingerprint density at radius 1 is 1.33 bits per heavy atom. The van der Waals surface area contributed by atoms with Crippen LogP contribution >= 0.6 is 11.6 Å². The van der Waals surface area contributed by atoms with E-state index in [4.69, 9.17) is 16.3 Å². The molecule has 1 aliphatic rings. The minimum atomic E-state index is -0.411. The topological polar surface area (TPSA) is 21.3 Å². The summed E-state index contributed by atoms with van der Waals surface area (Å²) in [5, 5.41) is 3.45. The summed E-state index contributed by atoms with van der Waals surface area (Å²) < 4.78 is 19.3. The van der Waals surface area contributed by atoms with Crippen LogP contribution in [0.3, 0.4) is 0 Å². The molecule has 110 valence electrons. The Labute approximate surface area is 128 Å². The highest BCUT2D eigenvalue weighted by molar-refractivity contribution is 6.30. The molecule has 0 spiro atoms. The van der Waals surface area contributed by atoms with Crippen LogP contribution in [0.25, 0.3) is 0 Å². The molecule has 0 heterocycles. The minimum Gasteiger partial charge on any atom is -0.489 e. The van der Waals surface area contributed by atoms with E-state index in [2.05, 4.69) is 11.4 Å². The van der Waals surface area contributed by atoms with Crippen molar-refractivity contribution in [2.75, 3.05) is 7.05 Å². The van der Waals surface area contributed by atoms with Crippen LogP contribution in [0, 0.1) is 5.82 Å². The Morgan fingerprint density at radius 3 is 2.95 bits per heavy atom. The summed E-state index contributed by atoms with van der Waals surface area (Å²) in [6, 6.07) is 11.3. The zero-order valence-corrected chi connectivity index (χ0v) is 12.6. The van der Waals surface area contributed by atoms with Gasteiger partial charge in [-0.15, -0.1) is 0 Å². The number of hydrogen-bond donors (Lipinski definition) is 1. The third-order valence-electron chi connectivity index (χ3n) is 3.95. The number of rotatable bonds is 4. The Balaban J connectivity index is 1.77. The molecule has 2 aromatic rings. The van der Waals surface area contributed by atoms with Gasteiger partial charge in [0.25, 0.3) is 0 Å². The molecule has 1 unspecified atom stereocenters. The third kappa shape index (κ3) is 2.89. The molecule has 4 heteroatoms. The van der Waals surface area contributed by atoms with E-state index in [9.17, 15) is 4.39 Å². The molecule has 0 amide bonds. The maximum Gasteiger partial charge on any atom is 0.142 e. The Bertz CT molecular complexity index is 659. The molecule has 0 aliphatic heterocycles. The molecule has 2 aromatic carbocycles. The van der Waals surface area contributed by atoms with E-state index in [-0.39, 0.29) is 5.02 Å². The average molecular weight is 306 g/mol. The van der Waals surface area contributed by atoms with Gasteiger partial charge in [0, 0.05) is 6.04 Å². The van der Waals surface area contributed by atoms with Gasteiger partial charge in [-0.25, -0.2) is 4.39 Å². The molecule has 3 rings (SSSR count). The van der Waals surface area contributed by atoms with Crippen LogP contribution in [0.15, 0.2) is 36.4 Å². The van der Waals surface area contributed by atoms with Crippen LogP contribution < -0.4 is 10.1 Å². The lowest BCUT2D eigenvalue weighted by Gasteiger charge is -2.13. The van der Waals surface area contributed by atoms with Crippen molar-refractivity contribution in [3.8, 4) is 5.75 Å². The van der Waals surface area contributed by atoms with Crippen LogP contribution in [0.2, 0.25) is 5.02 Å². The summed E-state index contributed by atoms with van der Waals surface area (Å²) >= 11 is 5.68. The summed E-state index contributed by atoms with van der Waals surface area (Å²) in [6.07, 6.45) is 2.09. The average Bonchev–Trinajstić information content (AvgIpc) is 2.92. The summed E-state index contributed by atoms with van der Waals surface area (Å²) in [5.41, 5.74) is 3.33. The molecular weight excluding hydrogens is 289 g/mol. The van der Waals surface area contributed by atoms with Gasteiger partial charge in [-0.1, -0.05) is 29.8 Å². The summed E-state index contributed by atoms with van der Waals surface area (Å²) in [4.78, 5) is 0. The highest BCUT2D eigenvalue weighted by atomic mass is 35.5. The Morgan fingerprint density at radius 2 is 2.19 bits per heavy atom. The van der Waals surface area contributed by atoms with Crippen molar-refractivity contribution in [3.05, 3.63) is 63.9 Å². The first-order valence-electron chi connectivity index (χ1n) is 7.05. The third-order valence-corrected chi connectivity index (χ3v) is 4.26. The molecule has 21 heavy (non-hydrogen) atoms. The molecular formula is C17H17ClFNO. The largest absolute Gasteiger partial charge is 0.489 e. The van der Waals surface area contributed by atoms with E-state index in [0.717, 1.165) is 24.2 Å². The van der Waals surface area contributed by atoms with Gasteiger partial charge in [0.05, 0.1) is 5.02 Å². The second-order valence-electron chi connectivity index (χ2n) is 5.24. The van der Waals surface area contributed by atoms with E-state index in [1.165, 1.54) is 17.2 Å². The van der Waals surface area contributed by atoms with Crippen molar-refractivity contribution in [1.29, 1.82) is 0 Å². The molecule has 0 saturated heterocycles. The van der Waals surface area contributed by atoms with Crippen LogP contribution in [-0.4, -0.2) is 7.05 Å². The molecule has 0 aromatic heterocycles. The van der Waals surface area contributed by atoms with E-state index < -0.39 is 5.82 Å². The van der Waals surface area contributed by atoms with Crippen LogP contribution in [0.4, 0.5) is 4.39 Å². The predicted octanol–water partition coefficient (Wildman–Crippen LogP) is 4.26. The fourth-order valence-electron chi connectivity index (χ4n) is 2.85. The lowest BCUT2D eigenvalue weighted by atomic mass is 10.1. The van der Waals surface area contributed by atoms with E-state index >= 15 is 0 Å². The lowest BCUT2D eigenvalue weighted by molar-refractivity contribution is 0.302. The zero-order chi connectivity index (χ0) is 14.8. The van der Waals surface area contributed by atoms with Gasteiger partial charge < -0.3 is 10.1 Å². The number of benzene rings is 2. The number of ether oxygens (including phenoxy) is 1.